The van der Waals surface area contributed by atoms with Gasteiger partial charge < -0.3 is 10.2 Å². The molecule has 0 bridgehead atoms. The van der Waals surface area contributed by atoms with E-state index in [0.29, 0.717) is 18.7 Å². The van der Waals surface area contributed by atoms with E-state index in [1.165, 1.54) is 9.58 Å². The number of carbonyl (C=O) groups excluding carboxylic acids is 1. The van der Waals surface area contributed by atoms with Crippen molar-refractivity contribution in [2.75, 3.05) is 25.0 Å². The predicted molar refractivity (Wildman–Crippen MR) is 106 cm³/mol. The molecule has 150 valence electrons. The minimum Gasteiger partial charge on any atom is -0.315 e. The number of nitrogens with zero attached hydrogens (tertiary/aromatic N) is 4. The molecule has 1 unspecified atom stereocenters. The summed E-state index contributed by atoms with van der Waals surface area (Å²) < 4.78 is 28.7. The van der Waals surface area contributed by atoms with Crippen LogP contribution in [0.2, 0.25) is 0 Å². The van der Waals surface area contributed by atoms with E-state index in [4.69, 9.17) is 0 Å². The monoisotopic (exact) mass is 397 g/mol. The van der Waals surface area contributed by atoms with Gasteiger partial charge >= 0.3 is 0 Å². The van der Waals surface area contributed by atoms with Gasteiger partial charge in [0.1, 0.15) is 5.69 Å². The highest BCUT2D eigenvalue weighted by Gasteiger charge is 2.32. The van der Waals surface area contributed by atoms with Crippen LogP contribution >= 0.6 is 0 Å². The molecular formula is C21H21F2N5O. The predicted octanol–water partition coefficient (Wildman–Crippen LogP) is 3.69. The molecule has 1 aromatic heterocycles. The largest absolute Gasteiger partial charge is 0.315 e. The van der Waals surface area contributed by atoms with Gasteiger partial charge in [-0.1, -0.05) is 47.7 Å². The second-order valence-electron chi connectivity index (χ2n) is 6.99. The Bertz CT molecular complexity index is 982. The van der Waals surface area contributed by atoms with Crippen LogP contribution in [0.15, 0.2) is 54.6 Å². The standard InChI is InChI=1S/C21H21F2N5O/c1-27(16-9-7-15(8-10-16)14-5-3-2-4-6-14)21(29)18-19(20(22)23)28(26-25-18)17-11-12-24-13-17/h2-10,17,20,24H,11-13H2,1H3. The van der Waals surface area contributed by atoms with Crippen LogP contribution in [0.1, 0.15) is 35.1 Å². The summed E-state index contributed by atoms with van der Waals surface area (Å²) in [6.07, 6.45) is -2.16. The number of nitrogens with one attached hydrogen (secondary N) is 1. The van der Waals surface area contributed by atoms with Gasteiger partial charge in [-0.2, -0.15) is 0 Å². The Morgan fingerprint density at radius 3 is 2.45 bits per heavy atom. The van der Waals surface area contributed by atoms with Crippen LogP contribution in [0.3, 0.4) is 0 Å². The Morgan fingerprint density at radius 1 is 1.14 bits per heavy atom. The summed E-state index contributed by atoms with van der Waals surface area (Å²) in [5.41, 5.74) is 1.93. The second-order valence-corrected chi connectivity index (χ2v) is 6.99. The first-order valence-corrected chi connectivity index (χ1v) is 9.43. The van der Waals surface area contributed by atoms with Crippen LogP contribution in [0.5, 0.6) is 0 Å². The van der Waals surface area contributed by atoms with Crippen LogP contribution < -0.4 is 10.2 Å². The molecule has 1 aliphatic heterocycles. The number of rotatable bonds is 5. The Balaban J connectivity index is 1.59. The average Bonchev–Trinajstić information content (AvgIpc) is 3.43. The maximum Gasteiger partial charge on any atom is 0.282 e. The van der Waals surface area contributed by atoms with E-state index in [2.05, 4.69) is 15.6 Å². The van der Waals surface area contributed by atoms with Crippen molar-refractivity contribution in [3.05, 3.63) is 66.0 Å². The van der Waals surface area contributed by atoms with E-state index in [1.54, 1.807) is 19.2 Å². The van der Waals surface area contributed by atoms with Gasteiger partial charge in [0, 0.05) is 19.3 Å². The molecule has 1 atom stereocenters. The highest BCUT2D eigenvalue weighted by molar-refractivity contribution is 6.05. The Labute approximate surface area is 167 Å². The highest BCUT2D eigenvalue weighted by atomic mass is 19.3. The fraction of sp³-hybridized carbons (Fsp3) is 0.286. The van der Waals surface area contributed by atoms with Crippen molar-refractivity contribution in [2.45, 2.75) is 18.9 Å². The summed E-state index contributed by atoms with van der Waals surface area (Å²) >= 11 is 0. The van der Waals surface area contributed by atoms with Crippen molar-refractivity contribution in [1.29, 1.82) is 0 Å². The lowest BCUT2D eigenvalue weighted by Crippen LogP contribution is -2.28. The van der Waals surface area contributed by atoms with Crippen molar-refractivity contribution in [3.8, 4) is 11.1 Å². The van der Waals surface area contributed by atoms with E-state index in [9.17, 15) is 13.6 Å². The number of halogens is 2. The fourth-order valence-electron chi connectivity index (χ4n) is 3.56. The molecule has 1 saturated heterocycles. The van der Waals surface area contributed by atoms with E-state index < -0.39 is 18.0 Å². The molecule has 4 rings (SSSR count). The zero-order valence-corrected chi connectivity index (χ0v) is 15.9. The number of hydrogen-bond acceptors (Lipinski definition) is 4. The summed E-state index contributed by atoms with van der Waals surface area (Å²) in [6.45, 7) is 1.26. The normalized spacial score (nSPS) is 16.3. The lowest BCUT2D eigenvalue weighted by molar-refractivity contribution is 0.0968. The molecule has 0 spiro atoms. The molecule has 0 radical (unpaired) electrons. The lowest BCUT2D eigenvalue weighted by Gasteiger charge is -2.18. The zero-order valence-electron chi connectivity index (χ0n) is 15.9. The quantitative estimate of drug-likeness (QED) is 0.713. The number of amides is 1. The second kappa shape index (κ2) is 8.08. The van der Waals surface area contributed by atoms with Crippen LogP contribution in [-0.2, 0) is 0 Å². The Kier molecular flexibility index (Phi) is 5.35. The van der Waals surface area contributed by atoms with Gasteiger partial charge in [-0.05, 0) is 36.2 Å². The molecule has 3 aromatic rings. The summed E-state index contributed by atoms with van der Waals surface area (Å²) in [7, 11) is 1.55. The Hall–Kier alpha value is -3.13. The van der Waals surface area contributed by atoms with Crippen LogP contribution in [-0.4, -0.2) is 41.0 Å². The molecular weight excluding hydrogens is 376 g/mol. The van der Waals surface area contributed by atoms with Gasteiger partial charge in [-0.25, -0.2) is 13.5 Å². The number of alkyl halides is 2. The lowest BCUT2D eigenvalue weighted by atomic mass is 10.1. The maximum absolute atomic E-state index is 13.7. The molecule has 0 saturated carbocycles. The SMILES string of the molecule is CN(C(=O)c1nnn(C2CCNC2)c1C(F)F)c1ccc(-c2ccccc2)cc1. The number of benzene rings is 2. The molecule has 1 N–H and O–H groups in total. The molecule has 29 heavy (non-hydrogen) atoms. The summed E-state index contributed by atoms with van der Waals surface area (Å²) in [5.74, 6) is -0.607. The van der Waals surface area contributed by atoms with Crippen LogP contribution in [0.25, 0.3) is 11.1 Å². The van der Waals surface area contributed by atoms with Crippen molar-refractivity contribution in [1.82, 2.24) is 20.3 Å². The number of anilines is 1. The number of hydrogen-bond donors (Lipinski definition) is 1. The fourth-order valence-corrected chi connectivity index (χ4v) is 3.56. The van der Waals surface area contributed by atoms with Crippen LogP contribution in [0, 0.1) is 0 Å². The molecule has 1 aliphatic rings. The van der Waals surface area contributed by atoms with Crippen molar-refractivity contribution in [3.63, 3.8) is 0 Å². The first-order valence-electron chi connectivity index (χ1n) is 9.43. The van der Waals surface area contributed by atoms with Gasteiger partial charge in [-0.3, -0.25) is 4.79 Å². The summed E-state index contributed by atoms with van der Waals surface area (Å²) in [6, 6.07) is 17.0. The van der Waals surface area contributed by atoms with E-state index in [0.717, 1.165) is 17.7 Å². The Morgan fingerprint density at radius 2 is 1.83 bits per heavy atom. The number of carbonyl (C=O) groups is 1. The molecule has 1 fully saturated rings. The smallest absolute Gasteiger partial charge is 0.282 e. The third kappa shape index (κ3) is 3.75. The molecule has 2 heterocycles. The van der Waals surface area contributed by atoms with Gasteiger partial charge in [0.15, 0.2) is 5.69 Å². The third-order valence-corrected chi connectivity index (χ3v) is 5.19. The summed E-state index contributed by atoms with van der Waals surface area (Å²) in [4.78, 5) is 14.2. The molecule has 2 aromatic carbocycles. The van der Waals surface area contributed by atoms with Crippen LogP contribution in [0.4, 0.5) is 14.5 Å². The van der Waals surface area contributed by atoms with E-state index in [1.807, 2.05) is 42.5 Å². The van der Waals surface area contributed by atoms with E-state index in [-0.39, 0.29) is 11.7 Å². The third-order valence-electron chi connectivity index (χ3n) is 5.19. The maximum atomic E-state index is 13.7. The average molecular weight is 397 g/mol. The van der Waals surface area contributed by atoms with Gasteiger partial charge in [0.25, 0.3) is 12.3 Å². The van der Waals surface area contributed by atoms with E-state index >= 15 is 0 Å². The molecule has 8 heteroatoms. The molecule has 1 amide bonds. The molecule has 6 nitrogen and oxygen atoms in total. The van der Waals surface area contributed by atoms with Gasteiger partial charge in [-0.15, -0.1) is 5.10 Å². The van der Waals surface area contributed by atoms with Gasteiger partial charge in [0.05, 0.1) is 6.04 Å². The topological polar surface area (TPSA) is 63.1 Å². The molecule has 0 aliphatic carbocycles. The van der Waals surface area contributed by atoms with Crippen molar-refractivity contribution in [2.24, 2.45) is 0 Å². The summed E-state index contributed by atoms with van der Waals surface area (Å²) in [5, 5.41) is 10.8. The minimum atomic E-state index is -2.83. The minimum absolute atomic E-state index is 0.219. The zero-order chi connectivity index (χ0) is 20.4. The van der Waals surface area contributed by atoms with Gasteiger partial charge in [0.2, 0.25) is 0 Å². The first kappa shape index (κ1) is 19.2. The highest BCUT2D eigenvalue weighted by Crippen LogP contribution is 2.29. The number of aromatic nitrogens is 3. The first-order chi connectivity index (χ1) is 14.1. The van der Waals surface area contributed by atoms with Crippen molar-refractivity contribution >= 4 is 11.6 Å². The van der Waals surface area contributed by atoms with Crippen molar-refractivity contribution < 1.29 is 13.6 Å².